The van der Waals surface area contributed by atoms with Gasteiger partial charge in [0.2, 0.25) is 5.91 Å². The summed E-state index contributed by atoms with van der Waals surface area (Å²) >= 11 is 0. The molecule has 0 atom stereocenters. The normalized spacial score (nSPS) is 14.1. The maximum atomic E-state index is 13.4. The van der Waals surface area contributed by atoms with Gasteiger partial charge in [-0.05, 0) is 36.2 Å². The van der Waals surface area contributed by atoms with Crippen LogP contribution in [0.15, 0.2) is 54.6 Å². The molecule has 1 aliphatic rings. The maximum Gasteiger partial charge on any atom is 0.337 e. The lowest BCUT2D eigenvalue weighted by Gasteiger charge is -2.30. The van der Waals surface area contributed by atoms with Gasteiger partial charge in [-0.25, -0.2) is 9.59 Å². The third kappa shape index (κ3) is 5.17. The third-order valence-corrected chi connectivity index (χ3v) is 5.23. The maximum absolute atomic E-state index is 13.4. The van der Waals surface area contributed by atoms with Crippen LogP contribution < -0.4 is 4.90 Å². The molecule has 0 bridgehead atoms. The summed E-state index contributed by atoms with van der Waals surface area (Å²) in [6, 6.07) is 16.5. The predicted octanol–water partition coefficient (Wildman–Crippen LogP) is 3.15. The van der Waals surface area contributed by atoms with Gasteiger partial charge in [0.25, 0.3) is 0 Å². The number of rotatable bonds is 4. The van der Waals surface area contributed by atoms with Gasteiger partial charge in [0.15, 0.2) is 0 Å². The summed E-state index contributed by atoms with van der Waals surface area (Å²) in [5.41, 5.74) is 2.17. The third-order valence-electron chi connectivity index (χ3n) is 5.23. The van der Waals surface area contributed by atoms with E-state index in [1.165, 1.54) is 7.11 Å². The van der Waals surface area contributed by atoms with Crippen LogP contribution in [-0.4, -0.2) is 61.0 Å². The Morgan fingerprint density at radius 2 is 1.53 bits per heavy atom. The number of hydrogen-bond donors (Lipinski definition) is 0. The minimum absolute atomic E-state index is 0.0370. The van der Waals surface area contributed by atoms with Crippen molar-refractivity contribution in [1.82, 2.24) is 9.80 Å². The van der Waals surface area contributed by atoms with Crippen LogP contribution in [0.3, 0.4) is 0 Å². The van der Waals surface area contributed by atoms with Crippen molar-refractivity contribution in [3.05, 3.63) is 65.7 Å². The van der Waals surface area contributed by atoms with Crippen molar-refractivity contribution < 1.29 is 19.1 Å². The van der Waals surface area contributed by atoms with Crippen molar-refractivity contribution in [2.75, 3.05) is 38.2 Å². The molecule has 1 aliphatic heterocycles. The number of hydrogen-bond acceptors (Lipinski definition) is 4. The first-order valence-corrected chi connectivity index (χ1v) is 10.0. The Morgan fingerprint density at radius 1 is 0.900 bits per heavy atom. The monoisotopic (exact) mass is 409 g/mol. The summed E-state index contributed by atoms with van der Waals surface area (Å²) in [5.74, 6) is -0.355. The number of nitrogens with zero attached hydrogens (tertiary/aromatic N) is 3. The SMILES string of the molecule is COC(=O)c1ccc(CN(C(=O)N2CCCN(C(C)=O)CC2)c2ccccc2)cc1. The number of benzene rings is 2. The lowest BCUT2D eigenvalue weighted by atomic mass is 10.1. The number of anilines is 1. The van der Waals surface area contributed by atoms with E-state index in [0.717, 1.165) is 17.7 Å². The van der Waals surface area contributed by atoms with Crippen LogP contribution in [-0.2, 0) is 16.1 Å². The van der Waals surface area contributed by atoms with Gasteiger partial charge in [-0.3, -0.25) is 9.69 Å². The molecule has 2 aromatic rings. The van der Waals surface area contributed by atoms with E-state index in [2.05, 4.69) is 0 Å². The number of para-hydroxylation sites is 1. The number of carbonyl (C=O) groups excluding carboxylic acids is 3. The fourth-order valence-electron chi connectivity index (χ4n) is 3.52. The number of ether oxygens (including phenoxy) is 1. The largest absolute Gasteiger partial charge is 0.465 e. The fourth-order valence-corrected chi connectivity index (χ4v) is 3.52. The average molecular weight is 409 g/mol. The quantitative estimate of drug-likeness (QED) is 0.728. The van der Waals surface area contributed by atoms with E-state index in [0.29, 0.717) is 38.3 Å². The van der Waals surface area contributed by atoms with E-state index >= 15 is 0 Å². The molecule has 0 N–H and O–H groups in total. The Hall–Kier alpha value is -3.35. The second kappa shape index (κ2) is 9.91. The first-order valence-electron chi connectivity index (χ1n) is 10.0. The fraction of sp³-hybridized carbons (Fsp3) is 0.348. The molecule has 0 unspecified atom stereocenters. The Kier molecular flexibility index (Phi) is 7.06. The number of urea groups is 1. The van der Waals surface area contributed by atoms with Crippen LogP contribution in [0.4, 0.5) is 10.5 Å². The summed E-state index contributed by atoms with van der Waals surface area (Å²) in [4.78, 5) is 42.1. The first kappa shape index (κ1) is 21.4. The van der Waals surface area contributed by atoms with Gasteiger partial charge >= 0.3 is 12.0 Å². The van der Waals surface area contributed by atoms with E-state index < -0.39 is 5.97 Å². The molecule has 3 rings (SSSR count). The van der Waals surface area contributed by atoms with E-state index in [1.54, 1.807) is 33.8 Å². The molecule has 7 heteroatoms. The molecule has 1 heterocycles. The van der Waals surface area contributed by atoms with E-state index in [1.807, 2.05) is 42.5 Å². The van der Waals surface area contributed by atoms with Gasteiger partial charge in [0, 0.05) is 38.8 Å². The highest BCUT2D eigenvalue weighted by Crippen LogP contribution is 2.20. The molecule has 0 radical (unpaired) electrons. The lowest BCUT2D eigenvalue weighted by molar-refractivity contribution is -0.128. The van der Waals surface area contributed by atoms with Crippen molar-refractivity contribution in [3.8, 4) is 0 Å². The molecule has 7 nitrogen and oxygen atoms in total. The lowest BCUT2D eigenvalue weighted by Crippen LogP contribution is -2.45. The van der Waals surface area contributed by atoms with Crippen molar-refractivity contribution in [1.29, 1.82) is 0 Å². The molecule has 158 valence electrons. The van der Waals surface area contributed by atoms with E-state index in [4.69, 9.17) is 4.74 Å². The Bertz CT molecular complexity index is 883. The highest BCUT2D eigenvalue weighted by atomic mass is 16.5. The van der Waals surface area contributed by atoms with Crippen molar-refractivity contribution in [2.45, 2.75) is 19.9 Å². The molecule has 3 amide bonds. The van der Waals surface area contributed by atoms with Gasteiger partial charge in [0.05, 0.1) is 19.2 Å². The second-order valence-corrected chi connectivity index (χ2v) is 7.24. The average Bonchev–Trinajstić information content (AvgIpc) is 3.04. The van der Waals surface area contributed by atoms with Crippen molar-refractivity contribution in [2.24, 2.45) is 0 Å². The molecule has 0 aromatic heterocycles. The van der Waals surface area contributed by atoms with Crippen LogP contribution >= 0.6 is 0 Å². The number of methoxy groups -OCH3 is 1. The molecule has 1 saturated heterocycles. The van der Waals surface area contributed by atoms with Crippen LogP contribution in [0.1, 0.15) is 29.3 Å². The summed E-state index contributed by atoms with van der Waals surface area (Å²) < 4.78 is 4.74. The molecular formula is C23H27N3O4. The van der Waals surface area contributed by atoms with Crippen LogP contribution in [0.2, 0.25) is 0 Å². The highest BCUT2D eigenvalue weighted by molar-refractivity contribution is 5.92. The number of carbonyl (C=O) groups is 3. The molecule has 0 saturated carbocycles. The zero-order valence-corrected chi connectivity index (χ0v) is 17.4. The van der Waals surface area contributed by atoms with Crippen LogP contribution in [0, 0.1) is 0 Å². The number of esters is 1. The Balaban J connectivity index is 1.80. The number of amides is 3. The van der Waals surface area contributed by atoms with E-state index in [-0.39, 0.29) is 11.9 Å². The molecular weight excluding hydrogens is 382 g/mol. The second-order valence-electron chi connectivity index (χ2n) is 7.24. The minimum Gasteiger partial charge on any atom is -0.465 e. The van der Waals surface area contributed by atoms with Gasteiger partial charge in [-0.2, -0.15) is 0 Å². The zero-order valence-electron chi connectivity index (χ0n) is 17.4. The topological polar surface area (TPSA) is 70.2 Å². The summed E-state index contributed by atoms with van der Waals surface area (Å²) in [6.45, 7) is 4.25. The van der Waals surface area contributed by atoms with E-state index in [9.17, 15) is 14.4 Å². The van der Waals surface area contributed by atoms with Crippen molar-refractivity contribution in [3.63, 3.8) is 0 Å². The molecule has 2 aromatic carbocycles. The molecule has 0 spiro atoms. The summed E-state index contributed by atoms with van der Waals surface area (Å²) in [5, 5.41) is 0. The molecule has 1 fully saturated rings. The highest BCUT2D eigenvalue weighted by Gasteiger charge is 2.25. The predicted molar refractivity (Wildman–Crippen MR) is 114 cm³/mol. The van der Waals surface area contributed by atoms with Crippen molar-refractivity contribution >= 4 is 23.6 Å². The van der Waals surface area contributed by atoms with Crippen LogP contribution in [0.5, 0.6) is 0 Å². The van der Waals surface area contributed by atoms with Gasteiger partial charge in [0.1, 0.15) is 0 Å². The standard InChI is InChI=1S/C23H27N3O4/c1-18(27)24-13-6-14-25(16-15-24)23(29)26(21-7-4-3-5-8-21)17-19-9-11-20(12-10-19)22(28)30-2/h3-5,7-12H,6,13-17H2,1-2H3. The van der Waals surface area contributed by atoms with Gasteiger partial charge < -0.3 is 14.5 Å². The Labute approximate surface area is 176 Å². The van der Waals surface area contributed by atoms with Gasteiger partial charge in [-0.15, -0.1) is 0 Å². The first-order chi connectivity index (χ1) is 14.5. The summed E-state index contributed by atoms with van der Waals surface area (Å²) in [7, 11) is 1.35. The molecule has 30 heavy (non-hydrogen) atoms. The minimum atomic E-state index is -0.392. The summed E-state index contributed by atoms with van der Waals surface area (Å²) in [6.07, 6.45) is 0.752. The van der Waals surface area contributed by atoms with Gasteiger partial charge in [-0.1, -0.05) is 30.3 Å². The smallest absolute Gasteiger partial charge is 0.337 e. The zero-order chi connectivity index (χ0) is 21.5. The molecule has 0 aliphatic carbocycles. The van der Waals surface area contributed by atoms with Crippen LogP contribution in [0.25, 0.3) is 0 Å². The Morgan fingerprint density at radius 3 is 2.17 bits per heavy atom.